The second kappa shape index (κ2) is 11.5. The van der Waals surface area contributed by atoms with Gasteiger partial charge in [0.15, 0.2) is 0 Å². The van der Waals surface area contributed by atoms with E-state index in [1.54, 1.807) is 18.9 Å². The molecular formula is C21H27NO3S. The van der Waals surface area contributed by atoms with Crippen LogP contribution in [-0.4, -0.2) is 31.9 Å². The molecule has 2 aromatic rings. The van der Waals surface area contributed by atoms with Gasteiger partial charge < -0.3 is 14.8 Å². The van der Waals surface area contributed by atoms with Crippen LogP contribution in [0.1, 0.15) is 24.5 Å². The molecule has 0 aliphatic rings. The second-order valence-corrected chi connectivity index (χ2v) is 6.92. The van der Waals surface area contributed by atoms with Crippen molar-refractivity contribution in [1.29, 1.82) is 0 Å². The van der Waals surface area contributed by atoms with Crippen LogP contribution in [0.15, 0.2) is 48.5 Å². The third kappa shape index (κ3) is 7.40. The normalized spacial score (nSPS) is 10.4. The van der Waals surface area contributed by atoms with E-state index in [4.69, 9.17) is 9.47 Å². The number of hydrogen-bond acceptors (Lipinski definition) is 4. The van der Waals surface area contributed by atoms with Crippen LogP contribution in [0.2, 0.25) is 0 Å². The molecule has 140 valence electrons. The molecule has 0 radical (unpaired) electrons. The minimum atomic E-state index is 0.0328. The topological polar surface area (TPSA) is 47.6 Å². The summed E-state index contributed by atoms with van der Waals surface area (Å²) in [5.41, 5.74) is 2.50. The first-order valence-electron chi connectivity index (χ1n) is 8.90. The van der Waals surface area contributed by atoms with Gasteiger partial charge in [0.2, 0.25) is 5.91 Å². The molecule has 2 rings (SSSR count). The van der Waals surface area contributed by atoms with Gasteiger partial charge in [-0.15, -0.1) is 11.8 Å². The number of benzene rings is 2. The molecule has 0 saturated carbocycles. The maximum atomic E-state index is 11.9. The van der Waals surface area contributed by atoms with Crippen LogP contribution in [0.25, 0.3) is 0 Å². The third-order valence-electron chi connectivity index (χ3n) is 3.82. The van der Waals surface area contributed by atoms with Crippen molar-refractivity contribution in [3.63, 3.8) is 0 Å². The summed E-state index contributed by atoms with van der Waals surface area (Å²) in [5, 5.41) is 2.88. The number of aryl methyl sites for hydroxylation is 1. The highest BCUT2D eigenvalue weighted by Crippen LogP contribution is 2.16. The summed E-state index contributed by atoms with van der Waals surface area (Å²) >= 11 is 1.59. The monoisotopic (exact) mass is 373 g/mol. The Labute approximate surface area is 160 Å². The van der Waals surface area contributed by atoms with E-state index in [1.165, 1.54) is 11.1 Å². The SMILES string of the molecule is CCCc1ccc(OCCNC(=O)CSCc2ccc(OC)cc2)cc1. The van der Waals surface area contributed by atoms with Gasteiger partial charge in [0.1, 0.15) is 18.1 Å². The number of nitrogens with one attached hydrogen (secondary N) is 1. The number of hydrogen-bond donors (Lipinski definition) is 1. The van der Waals surface area contributed by atoms with Gasteiger partial charge in [0.05, 0.1) is 19.4 Å². The summed E-state index contributed by atoms with van der Waals surface area (Å²) in [4.78, 5) is 11.9. The Morgan fingerprint density at radius 2 is 1.65 bits per heavy atom. The minimum absolute atomic E-state index is 0.0328. The number of rotatable bonds is 11. The summed E-state index contributed by atoms with van der Waals surface area (Å²) < 4.78 is 10.8. The number of carbonyl (C=O) groups is 1. The predicted molar refractivity (Wildman–Crippen MR) is 108 cm³/mol. The summed E-state index contributed by atoms with van der Waals surface area (Å²) in [6.07, 6.45) is 2.23. The van der Waals surface area contributed by atoms with Gasteiger partial charge in [-0.25, -0.2) is 0 Å². The molecule has 0 bridgehead atoms. The summed E-state index contributed by atoms with van der Waals surface area (Å²) in [5.74, 6) is 2.96. The van der Waals surface area contributed by atoms with Crippen LogP contribution in [0.4, 0.5) is 0 Å². The van der Waals surface area contributed by atoms with Gasteiger partial charge in [-0.2, -0.15) is 0 Å². The first-order chi connectivity index (χ1) is 12.7. The average molecular weight is 374 g/mol. The molecule has 0 saturated heterocycles. The summed E-state index contributed by atoms with van der Waals surface area (Å²) in [7, 11) is 1.65. The first kappa shape index (κ1) is 20.2. The van der Waals surface area contributed by atoms with Crippen molar-refractivity contribution >= 4 is 17.7 Å². The molecule has 0 atom stereocenters. The van der Waals surface area contributed by atoms with Gasteiger partial charge in [0, 0.05) is 5.75 Å². The Bertz CT molecular complexity index is 656. The number of thioether (sulfide) groups is 1. The molecule has 0 unspecified atom stereocenters. The van der Waals surface area contributed by atoms with Crippen LogP contribution in [0, 0.1) is 0 Å². The standard InChI is InChI=1S/C21H27NO3S/c1-3-4-17-5-11-20(12-6-17)25-14-13-22-21(23)16-26-15-18-7-9-19(24-2)10-8-18/h5-12H,3-4,13-16H2,1-2H3,(H,22,23). The molecule has 0 spiro atoms. The van der Waals surface area contributed by atoms with Crippen LogP contribution in [-0.2, 0) is 17.0 Å². The Morgan fingerprint density at radius 3 is 2.31 bits per heavy atom. The molecule has 0 aromatic heterocycles. The summed E-state index contributed by atoms with van der Waals surface area (Å²) in [6, 6.07) is 16.0. The number of amides is 1. The fraction of sp³-hybridized carbons (Fsp3) is 0.381. The van der Waals surface area contributed by atoms with E-state index in [1.807, 2.05) is 36.4 Å². The van der Waals surface area contributed by atoms with Crippen molar-refractivity contribution in [2.75, 3.05) is 26.0 Å². The van der Waals surface area contributed by atoms with E-state index in [9.17, 15) is 4.79 Å². The van der Waals surface area contributed by atoms with Gasteiger partial charge >= 0.3 is 0 Å². The highest BCUT2D eigenvalue weighted by Gasteiger charge is 2.02. The summed E-state index contributed by atoms with van der Waals surface area (Å²) in [6.45, 7) is 3.16. The van der Waals surface area contributed by atoms with Crippen LogP contribution >= 0.6 is 11.8 Å². The van der Waals surface area contributed by atoms with E-state index < -0.39 is 0 Å². The molecule has 5 heteroatoms. The fourth-order valence-electron chi connectivity index (χ4n) is 2.43. The Balaban J connectivity index is 1.56. The van der Waals surface area contributed by atoms with Crippen LogP contribution in [0.5, 0.6) is 11.5 Å². The molecule has 2 aromatic carbocycles. The molecule has 0 aliphatic heterocycles. The number of carbonyl (C=O) groups excluding carboxylic acids is 1. The largest absolute Gasteiger partial charge is 0.497 e. The lowest BCUT2D eigenvalue weighted by Gasteiger charge is -2.08. The Kier molecular flexibility index (Phi) is 8.90. The zero-order valence-corrected chi connectivity index (χ0v) is 16.3. The maximum absolute atomic E-state index is 11.9. The van der Waals surface area contributed by atoms with Crippen molar-refractivity contribution in [3.8, 4) is 11.5 Å². The van der Waals surface area contributed by atoms with Crippen LogP contribution < -0.4 is 14.8 Å². The molecule has 26 heavy (non-hydrogen) atoms. The highest BCUT2D eigenvalue weighted by molar-refractivity contribution is 7.99. The van der Waals surface area contributed by atoms with Gasteiger partial charge in [0.25, 0.3) is 0 Å². The van der Waals surface area contributed by atoms with E-state index in [2.05, 4.69) is 24.4 Å². The molecule has 4 nitrogen and oxygen atoms in total. The second-order valence-electron chi connectivity index (χ2n) is 5.93. The lowest BCUT2D eigenvalue weighted by Crippen LogP contribution is -2.29. The van der Waals surface area contributed by atoms with Gasteiger partial charge in [-0.05, 0) is 41.8 Å². The highest BCUT2D eigenvalue weighted by atomic mass is 32.2. The van der Waals surface area contributed by atoms with Crippen molar-refractivity contribution in [2.24, 2.45) is 0 Å². The molecule has 0 fully saturated rings. The van der Waals surface area contributed by atoms with E-state index in [0.29, 0.717) is 18.9 Å². The molecule has 0 heterocycles. The lowest BCUT2D eigenvalue weighted by molar-refractivity contribution is -0.118. The third-order valence-corrected chi connectivity index (χ3v) is 4.82. The lowest BCUT2D eigenvalue weighted by atomic mass is 10.1. The van der Waals surface area contributed by atoms with E-state index in [0.717, 1.165) is 30.1 Å². The number of methoxy groups -OCH3 is 1. The fourth-order valence-corrected chi connectivity index (χ4v) is 3.25. The quantitative estimate of drug-likeness (QED) is 0.603. The molecule has 1 amide bonds. The maximum Gasteiger partial charge on any atom is 0.230 e. The van der Waals surface area contributed by atoms with Crippen LogP contribution in [0.3, 0.4) is 0 Å². The number of ether oxygens (including phenoxy) is 2. The molecule has 0 aliphatic carbocycles. The van der Waals surface area contributed by atoms with Crippen molar-refractivity contribution < 1.29 is 14.3 Å². The Morgan fingerprint density at radius 1 is 1.00 bits per heavy atom. The van der Waals surface area contributed by atoms with Crippen molar-refractivity contribution in [2.45, 2.75) is 25.5 Å². The first-order valence-corrected chi connectivity index (χ1v) is 10.1. The average Bonchev–Trinajstić information content (AvgIpc) is 2.67. The Hall–Kier alpha value is -2.14. The zero-order valence-electron chi connectivity index (χ0n) is 15.5. The van der Waals surface area contributed by atoms with Crippen molar-refractivity contribution in [3.05, 3.63) is 59.7 Å². The van der Waals surface area contributed by atoms with E-state index >= 15 is 0 Å². The van der Waals surface area contributed by atoms with Crippen molar-refractivity contribution in [1.82, 2.24) is 5.32 Å². The predicted octanol–water partition coefficient (Wildman–Crippen LogP) is 4.08. The molecule has 1 N–H and O–H groups in total. The van der Waals surface area contributed by atoms with Gasteiger partial charge in [-0.1, -0.05) is 37.6 Å². The zero-order chi connectivity index (χ0) is 18.6. The molecular weight excluding hydrogens is 346 g/mol. The smallest absolute Gasteiger partial charge is 0.230 e. The van der Waals surface area contributed by atoms with Gasteiger partial charge in [-0.3, -0.25) is 4.79 Å². The van der Waals surface area contributed by atoms with E-state index in [-0.39, 0.29) is 5.91 Å². The minimum Gasteiger partial charge on any atom is -0.497 e.